The number of H-pyrrole nitrogens is 1. The van der Waals surface area contributed by atoms with Crippen molar-refractivity contribution in [3.8, 4) is 11.5 Å². The summed E-state index contributed by atoms with van der Waals surface area (Å²) in [5.41, 5.74) is 3.81. The molecule has 0 bridgehead atoms. The number of alkyl halides is 3. The fraction of sp³-hybridized carbons (Fsp3) is 0.250. The molecule has 0 aliphatic heterocycles. The van der Waals surface area contributed by atoms with Crippen LogP contribution in [0.2, 0.25) is 0 Å². The minimum atomic E-state index is -4.69. The van der Waals surface area contributed by atoms with E-state index in [1.807, 2.05) is 26.0 Å². The molecule has 1 aromatic heterocycles. The van der Waals surface area contributed by atoms with Crippen molar-refractivity contribution < 1.29 is 22.6 Å². The molecule has 3 aromatic rings. The molecule has 0 atom stereocenters. The van der Waals surface area contributed by atoms with Crippen molar-refractivity contribution in [1.29, 1.82) is 0 Å². The normalized spacial score (nSPS) is 11.8. The van der Waals surface area contributed by atoms with Crippen molar-refractivity contribution in [1.82, 2.24) is 14.9 Å². The van der Waals surface area contributed by atoms with E-state index in [9.17, 15) is 13.2 Å². The molecule has 0 saturated heterocycles. The van der Waals surface area contributed by atoms with E-state index < -0.39 is 12.0 Å². The highest BCUT2D eigenvalue weighted by molar-refractivity contribution is 7.71. The van der Waals surface area contributed by atoms with Gasteiger partial charge in [0.05, 0.1) is 13.3 Å². The Morgan fingerprint density at radius 3 is 2.47 bits per heavy atom. The first-order valence-electron chi connectivity index (χ1n) is 8.84. The Bertz CT molecular complexity index is 1120. The molecule has 0 saturated carbocycles. The van der Waals surface area contributed by atoms with Crippen molar-refractivity contribution >= 4 is 18.4 Å². The predicted octanol–water partition coefficient (Wildman–Crippen LogP) is 5.05. The van der Waals surface area contributed by atoms with Crippen LogP contribution in [0, 0.1) is 18.6 Å². The number of benzene rings is 2. The van der Waals surface area contributed by atoms with Crippen molar-refractivity contribution in [3.63, 3.8) is 0 Å². The van der Waals surface area contributed by atoms with Crippen LogP contribution in [0.25, 0.3) is 0 Å². The fourth-order valence-corrected chi connectivity index (χ4v) is 3.08. The first-order chi connectivity index (χ1) is 14.2. The van der Waals surface area contributed by atoms with E-state index >= 15 is 0 Å². The van der Waals surface area contributed by atoms with Crippen molar-refractivity contribution in [2.24, 2.45) is 5.10 Å². The molecule has 0 amide bonds. The minimum absolute atomic E-state index is 0.265. The van der Waals surface area contributed by atoms with Gasteiger partial charge in [0.15, 0.2) is 11.5 Å². The Hall–Kier alpha value is -3.14. The molecule has 1 heterocycles. The van der Waals surface area contributed by atoms with Gasteiger partial charge in [-0.2, -0.15) is 22.9 Å². The zero-order chi connectivity index (χ0) is 21.9. The lowest BCUT2D eigenvalue weighted by Crippen LogP contribution is -2.12. The lowest BCUT2D eigenvalue weighted by Gasteiger charge is -2.12. The van der Waals surface area contributed by atoms with Crippen LogP contribution in [0.1, 0.15) is 28.1 Å². The number of hydrogen-bond donors (Lipinski definition) is 1. The average Bonchev–Trinajstić information content (AvgIpc) is 3.05. The lowest BCUT2D eigenvalue weighted by atomic mass is 10.1. The molecule has 0 spiro atoms. The second kappa shape index (κ2) is 8.70. The van der Waals surface area contributed by atoms with Gasteiger partial charge in [-0.05, 0) is 55.4 Å². The zero-order valence-corrected chi connectivity index (χ0v) is 17.3. The molecule has 0 radical (unpaired) electrons. The van der Waals surface area contributed by atoms with Gasteiger partial charge < -0.3 is 9.47 Å². The highest BCUT2D eigenvalue weighted by Crippen LogP contribution is 2.29. The van der Waals surface area contributed by atoms with Crippen molar-refractivity contribution in [2.75, 3.05) is 7.11 Å². The smallest absolute Gasteiger partial charge is 0.453 e. The Morgan fingerprint density at radius 2 is 1.83 bits per heavy atom. The second-order valence-corrected chi connectivity index (χ2v) is 6.99. The molecular formula is C20H19F3N4O2S. The molecule has 2 aromatic carbocycles. The fourth-order valence-electron chi connectivity index (χ4n) is 2.90. The molecule has 3 rings (SSSR count). The maximum Gasteiger partial charge on any atom is 0.453 e. The van der Waals surface area contributed by atoms with Crippen molar-refractivity contribution in [2.45, 2.75) is 26.6 Å². The Kier molecular flexibility index (Phi) is 6.25. The van der Waals surface area contributed by atoms with Crippen LogP contribution in [-0.2, 0) is 12.8 Å². The zero-order valence-electron chi connectivity index (χ0n) is 16.4. The second-order valence-electron chi connectivity index (χ2n) is 6.60. The summed E-state index contributed by atoms with van der Waals surface area (Å²) < 4.78 is 50.4. The van der Waals surface area contributed by atoms with Gasteiger partial charge in [-0.3, -0.25) is 0 Å². The summed E-state index contributed by atoms with van der Waals surface area (Å²) in [5.74, 6) is -0.302. The first kappa shape index (κ1) is 21.6. The van der Waals surface area contributed by atoms with Crippen LogP contribution >= 0.6 is 12.2 Å². The number of aromatic amines is 1. The van der Waals surface area contributed by atoms with Gasteiger partial charge in [-0.25, -0.2) is 5.10 Å². The number of aromatic nitrogens is 3. The van der Waals surface area contributed by atoms with Crippen LogP contribution in [-0.4, -0.2) is 28.2 Å². The lowest BCUT2D eigenvalue weighted by molar-refractivity contribution is -0.147. The van der Waals surface area contributed by atoms with E-state index in [-0.39, 0.29) is 4.77 Å². The summed E-state index contributed by atoms with van der Waals surface area (Å²) in [6.07, 6.45) is -3.45. The average molecular weight is 436 g/mol. The van der Waals surface area contributed by atoms with Crippen LogP contribution in [0.3, 0.4) is 0 Å². The largest absolute Gasteiger partial charge is 0.493 e. The number of rotatable bonds is 6. The number of halogens is 3. The van der Waals surface area contributed by atoms with Gasteiger partial charge in [0.2, 0.25) is 4.77 Å². The third-order valence-electron chi connectivity index (χ3n) is 4.09. The van der Waals surface area contributed by atoms with Gasteiger partial charge >= 0.3 is 6.18 Å². The number of ether oxygens (including phenoxy) is 2. The van der Waals surface area contributed by atoms with Gasteiger partial charge in [0.1, 0.15) is 6.61 Å². The van der Waals surface area contributed by atoms with E-state index in [4.69, 9.17) is 21.7 Å². The number of aryl methyl sites for hydroxylation is 2. The molecule has 158 valence electrons. The number of nitrogens with one attached hydrogen (secondary N) is 1. The minimum Gasteiger partial charge on any atom is -0.493 e. The van der Waals surface area contributed by atoms with E-state index in [0.29, 0.717) is 28.3 Å². The maximum atomic E-state index is 13.0. The monoisotopic (exact) mass is 436 g/mol. The van der Waals surface area contributed by atoms with Gasteiger partial charge in [-0.15, -0.1) is 5.10 Å². The molecule has 10 heteroatoms. The third kappa shape index (κ3) is 5.07. The van der Waals surface area contributed by atoms with Crippen LogP contribution in [0.4, 0.5) is 13.2 Å². The predicted molar refractivity (Wildman–Crippen MR) is 109 cm³/mol. The quantitative estimate of drug-likeness (QED) is 0.434. The third-order valence-corrected chi connectivity index (χ3v) is 4.35. The summed E-state index contributed by atoms with van der Waals surface area (Å²) in [6, 6.07) is 11.1. The van der Waals surface area contributed by atoms with Crippen LogP contribution in [0.5, 0.6) is 11.5 Å². The van der Waals surface area contributed by atoms with Gasteiger partial charge in [0, 0.05) is 0 Å². The maximum absolute atomic E-state index is 13.0. The molecule has 30 heavy (non-hydrogen) atoms. The molecule has 1 N–H and O–H groups in total. The van der Waals surface area contributed by atoms with Gasteiger partial charge in [0.25, 0.3) is 5.82 Å². The van der Waals surface area contributed by atoms with E-state index in [1.54, 1.807) is 18.2 Å². The number of nitrogens with zero attached hydrogens (tertiary/aromatic N) is 3. The highest BCUT2D eigenvalue weighted by atomic mass is 32.1. The van der Waals surface area contributed by atoms with Crippen LogP contribution < -0.4 is 9.47 Å². The molecule has 0 aliphatic rings. The number of methoxy groups -OCH3 is 1. The molecule has 6 nitrogen and oxygen atoms in total. The van der Waals surface area contributed by atoms with E-state index in [2.05, 4.69) is 21.4 Å². The van der Waals surface area contributed by atoms with E-state index in [1.165, 1.54) is 13.3 Å². The first-order valence-corrected chi connectivity index (χ1v) is 9.25. The summed E-state index contributed by atoms with van der Waals surface area (Å²) in [6.45, 7) is 4.38. The van der Waals surface area contributed by atoms with Gasteiger partial charge in [-0.1, -0.05) is 29.3 Å². The highest BCUT2D eigenvalue weighted by Gasteiger charge is 2.37. The Labute approximate surface area is 176 Å². The SMILES string of the molecule is COc1cc(/C=N\n2c(C(F)(F)F)n[nH]c2=S)ccc1OCc1cc(C)cc(C)c1. The molecule has 0 unspecified atom stereocenters. The van der Waals surface area contributed by atoms with E-state index in [0.717, 1.165) is 16.7 Å². The molecular weight excluding hydrogens is 417 g/mol. The number of hydrogen-bond acceptors (Lipinski definition) is 5. The standard InChI is InChI=1S/C20H19F3N4O2S/c1-12-6-13(2)8-15(7-12)11-29-16-5-4-14(9-17(16)28-3)10-24-27-18(20(21,22)23)25-26-19(27)30/h4-10H,11H2,1-3H3,(H,26,30)/b24-10-. The summed E-state index contributed by atoms with van der Waals surface area (Å²) in [7, 11) is 1.48. The summed E-state index contributed by atoms with van der Waals surface area (Å²) in [4.78, 5) is 0. The Balaban J connectivity index is 1.80. The summed E-state index contributed by atoms with van der Waals surface area (Å²) in [5, 5.41) is 9.06. The topological polar surface area (TPSA) is 64.4 Å². The van der Waals surface area contributed by atoms with Crippen molar-refractivity contribution in [3.05, 3.63) is 69.2 Å². The Morgan fingerprint density at radius 1 is 1.13 bits per heavy atom. The molecule has 0 aliphatic carbocycles. The molecule has 0 fully saturated rings. The summed E-state index contributed by atoms with van der Waals surface area (Å²) >= 11 is 4.81. The van der Waals surface area contributed by atoms with Crippen LogP contribution in [0.15, 0.2) is 41.5 Å².